The molecule has 2 atom stereocenters. The van der Waals surface area contributed by atoms with Crippen LogP contribution in [-0.4, -0.2) is 31.9 Å². The first-order valence-electron chi connectivity index (χ1n) is 7.04. The van der Waals surface area contributed by atoms with Gasteiger partial charge in [0.2, 0.25) is 0 Å². The Morgan fingerprint density at radius 2 is 2.11 bits per heavy atom. The largest absolute Gasteiger partial charge is 0.491 e. The minimum Gasteiger partial charge on any atom is -0.491 e. The van der Waals surface area contributed by atoms with Gasteiger partial charge in [-0.2, -0.15) is 0 Å². The molecule has 2 unspecified atom stereocenters. The summed E-state index contributed by atoms with van der Waals surface area (Å²) in [6, 6.07) is 8.33. The lowest BCUT2D eigenvalue weighted by molar-refractivity contribution is -0.0470. The van der Waals surface area contributed by atoms with E-state index < -0.39 is 0 Å². The third-order valence-electron chi connectivity index (χ3n) is 3.36. The van der Waals surface area contributed by atoms with Crippen molar-refractivity contribution in [1.82, 2.24) is 5.32 Å². The smallest absolute Gasteiger partial charge is 0.119 e. The van der Waals surface area contributed by atoms with E-state index in [1.807, 2.05) is 6.07 Å². The molecular weight excluding hydrogens is 238 g/mol. The molecule has 0 aliphatic carbocycles. The zero-order valence-corrected chi connectivity index (χ0v) is 12.4. The van der Waals surface area contributed by atoms with Crippen LogP contribution in [0.3, 0.4) is 0 Å². The van der Waals surface area contributed by atoms with E-state index in [0.29, 0.717) is 6.61 Å². The summed E-state index contributed by atoms with van der Waals surface area (Å²) in [5, 5.41) is 3.35. The normalized spacial score (nSPS) is 24.2. The summed E-state index contributed by atoms with van der Waals surface area (Å²) >= 11 is 0. The van der Waals surface area contributed by atoms with Gasteiger partial charge in [0.05, 0.1) is 6.10 Å². The average Bonchev–Trinajstić information content (AvgIpc) is 2.36. The second-order valence-electron chi connectivity index (χ2n) is 6.32. The number of hydrogen-bond donors (Lipinski definition) is 1. The van der Waals surface area contributed by atoms with Crippen molar-refractivity contribution in [2.75, 3.05) is 19.7 Å². The third-order valence-corrected chi connectivity index (χ3v) is 3.36. The van der Waals surface area contributed by atoms with E-state index in [4.69, 9.17) is 9.47 Å². The van der Waals surface area contributed by atoms with Crippen molar-refractivity contribution in [2.24, 2.45) is 0 Å². The maximum Gasteiger partial charge on any atom is 0.119 e. The predicted molar refractivity (Wildman–Crippen MR) is 77.8 cm³/mol. The molecule has 0 saturated carbocycles. The molecule has 0 bridgehead atoms. The molecule has 2 rings (SSSR count). The van der Waals surface area contributed by atoms with Gasteiger partial charge in [-0.3, -0.25) is 0 Å². The Morgan fingerprint density at radius 1 is 1.32 bits per heavy atom. The first-order chi connectivity index (χ1) is 8.95. The van der Waals surface area contributed by atoms with Gasteiger partial charge in [-0.25, -0.2) is 0 Å². The molecule has 1 aromatic rings. The average molecular weight is 263 g/mol. The maximum absolute atomic E-state index is 5.86. The third kappa shape index (κ3) is 4.22. The number of rotatable bonds is 3. The lowest BCUT2D eigenvalue weighted by Crippen LogP contribution is -2.45. The molecule has 1 aliphatic rings. The molecule has 0 aromatic heterocycles. The van der Waals surface area contributed by atoms with Crippen LogP contribution in [-0.2, 0) is 10.2 Å². The van der Waals surface area contributed by atoms with Crippen LogP contribution in [0.5, 0.6) is 5.75 Å². The first kappa shape index (κ1) is 14.4. The van der Waals surface area contributed by atoms with Crippen LogP contribution in [0, 0.1) is 0 Å². The van der Waals surface area contributed by atoms with Gasteiger partial charge in [0.1, 0.15) is 18.5 Å². The summed E-state index contributed by atoms with van der Waals surface area (Å²) in [6.07, 6.45) is 0.408. The summed E-state index contributed by atoms with van der Waals surface area (Å²) in [5.74, 6) is 0.925. The van der Waals surface area contributed by atoms with Gasteiger partial charge in [0, 0.05) is 13.1 Å². The minimum atomic E-state index is 0.141. The summed E-state index contributed by atoms with van der Waals surface area (Å²) in [6.45, 7) is 11.1. The highest BCUT2D eigenvalue weighted by atomic mass is 16.5. The number of morpholine rings is 1. The highest BCUT2D eigenvalue weighted by molar-refractivity contribution is 5.32. The quantitative estimate of drug-likeness (QED) is 0.909. The van der Waals surface area contributed by atoms with Gasteiger partial charge in [-0.15, -0.1) is 0 Å². The molecule has 3 nitrogen and oxygen atoms in total. The van der Waals surface area contributed by atoms with E-state index in [9.17, 15) is 0 Å². The second kappa shape index (κ2) is 5.93. The van der Waals surface area contributed by atoms with Crippen molar-refractivity contribution in [2.45, 2.75) is 45.3 Å². The van der Waals surface area contributed by atoms with E-state index in [-0.39, 0.29) is 17.6 Å². The van der Waals surface area contributed by atoms with Gasteiger partial charge in [-0.1, -0.05) is 32.9 Å². The SMILES string of the molecule is CC1CNCC(COc2cccc(C(C)(C)C)c2)O1. The van der Waals surface area contributed by atoms with Crippen LogP contribution in [0.1, 0.15) is 33.3 Å². The molecule has 1 saturated heterocycles. The first-order valence-corrected chi connectivity index (χ1v) is 7.04. The summed E-state index contributed by atoms with van der Waals surface area (Å²) in [5.41, 5.74) is 1.44. The molecule has 1 heterocycles. The molecule has 1 fully saturated rings. The highest BCUT2D eigenvalue weighted by Gasteiger charge is 2.19. The lowest BCUT2D eigenvalue weighted by atomic mass is 9.87. The van der Waals surface area contributed by atoms with Crippen LogP contribution in [0.25, 0.3) is 0 Å². The zero-order valence-electron chi connectivity index (χ0n) is 12.4. The van der Waals surface area contributed by atoms with Crippen molar-refractivity contribution in [3.8, 4) is 5.75 Å². The molecular formula is C16H25NO2. The van der Waals surface area contributed by atoms with Gasteiger partial charge >= 0.3 is 0 Å². The number of hydrogen-bond acceptors (Lipinski definition) is 3. The van der Waals surface area contributed by atoms with E-state index in [2.05, 4.69) is 51.2 Å². The molecule has 106 valence electrons. The summed E-state index contributed by atoms with van der Waals surface area (Å²) in [7, 11) is 0. The van der Waals surface area contributed by atoms with E-state index in [0.717, 1.165) is 18.8 Å². The van der Waals surface area contributed by atoms with Crippen LogP contribution in [0.2, 0.25) is 0 Å². The Morgan fingerprint density at radius 3 is 2.79 bits per heavy atom. The number of ether oxygens (including phenoxy) is 2. The Labute approximate surface area is 116 Å². The summed E-state index contributed by atoms with van der Waals surface area (Å²) in [4.78, 5) is 0. The van der Waals surface area contributed by atoms with Crippen LogP contribution in [0.15, 0.2) is 24.3 Å². The molecule has 3 heteroatoms. The standard InChI is InChI=1S/C16H25NO2/c1-12-9-17-10-15(19-12)11-18-14-7-5-6-13(8-14)16(2,3)4/h5-8,12,15,17H,9-11H2,1-4H3. The van der Waals surface area contributed by atoms with E-state index >= 15 is 0 Å². The van der Waals surface area contributed by atoms with Crippen LogP contribution in [0.4, 0.5) is 0 Å². The number of nitrogens with one attached hydrogen (secondary N) is 1. The Balaban J connectivity index is 1.92. The number of benzene rings is 1. The molecule has 1 N–H and O–H groups in total. The van der Waals surface area contributed by atoms with E-state index in [1.165, 1.54) is 5.56 Å². The van der Waals surface area contributed by atoms with E-state index in [1.54, 1.807) is 0 Å². The van der Waals surface area contributed by atoms with Crippen LogP contribution >= 0.6 is 0 Å². The fourth-order valence-electron chi connectivity index (χ4n) is 2.21. The maximum atomic E-state index is 5.86. The lowest BCUT2D eigenvalue weighted by Gasteiger charge is -2.28. The second-order valence-corrected chi connectivity index (χ2v) is 6.32. The minimum absolute atomic E-state index is 0.141. The molecule has 1 aromatic carbocycles. The Kier molecular flexibility index (Phi) is 4.48. The van der Waals surface area contributed by atoms with Gasteiger partial charge in [0.15, 0.2) is 0 Å². The monoisotopic (exact) mass is 263 g/mol. The topological polar surface area (TPSA) is 30.5 Å². The van der Waals surface area contributed by atoms with Crippen LogP contribution < -0.4 is 10.1 Å². The van der Waals surface area contributed by atoms with Crippen molar-refractivity contribution in [1.29, 1.82) is 0 Å². The van der Waals surface area contributed by atoms with Crippen molar-refractivity contribution in [3.63, 3.8) is 0 Å². The Hall–Kier alpha value is -1.06. The molecule has 19 heavy (non-hydrogen) atoms. The van der Waals surface area contributed by atoms with Crippen molar-refractivity contribution >= 4 is 0 Å². The summed E-state index contributed by atoms with van der Waals surface area (Å²) < 4.78 is 11.7. The molecule has 1 aliphatic heterocycles. The molecule has 0 radical (unpaired) electrons. The zero-order chi connectivity index (χ0) is 13.9. The van der Waals surface area contributed by atoms with Gasteiger partial charge in [-0.05, 0) is 30.0 Å². The van der Waals surface area contributed by atoms with Crippen molar-refractivity contribution < 1.29 is 9.47 Å². The molecule has 0 spiro atoms. The fourth-order valence-corrected chi connectivity index (χ4v) is 2.21. The predicted octanol–water partition coefficient (Wildman–Crippen LogP) is 2.74. The highest BCUT2D eigenvalue weighted by Crippen LogP contribution is 2.25. The Bertz CT molecular complexity index is 411. The van der Waals surface area contributed by atoms with Gasteiger partial charge in [0.25, 0.3) is 0 Å². The fraction of sp³-hybridized carbons (Fsp3) is 0.625. The molecule has 0 amide bonds. The van der Waals surface area contributed by atoms with Gasteiger partial charge < -0.3 is 14.8 Å². The van der Waals surface area contributed by atoms with Crippen molar-refractivity contribution in [3.05, 3.63) is 29.8 Å².